The largest absolute Gasteiger partial charge is 0.439 e. The number of carbonyl (C=O) groups is 2. The molecule has 0 saturated carbocycles. The SMILES string of the molecule is CN1C(=O)NC[C@@H]1C(=O)Nc1cc(Oc2ccc(C(F)(F)F)cn2)ccc1F. The first-order valence-corrected chi connectivity index (χ1v) is 7.97. The zero-order valence-corrected chi connectivity index (χ0v) is 14.4. The maximum atomic E-state index is 14.0. The van der Waals surface area contributed by atoms with Gasteiger partial charge in [0, 0.05) is 31.9 Å². The molecule has 7 nitrogen and oxygen atoms in total. The van der Waals surface area contributed by atoms with Crippen molar-refractivity contribution < 1.29 is 31.9 Å². The lowest BCUT2D eigenvalue weighted by molar-refractivity contribution is -0.137. The first kappa shape index (κ1) is 19.4. The summed E-state index contributed by atoms with van der Waals surface area (Å²) < 4.78 is 57.0. The smallest absolute Gasteiger partial charge is 0.417 e. The Morgan fingerprint density at radius 1 is 1.32 bits per heavy atom. The number of carbonyl (C=O) groups excluding carboxylic acids is 2. The Morgan fingerprint density at radius 3 is 2.64 bits per heavy atom. The van der Waals surface area contributed by atoms with Gasteiger partial charge in [0.1, 0.15) is 17.6 Å². The number of nitrogens with zero attached hydrogens (tertiary/aromatic N) is 2. The molecule has 1 aliphatic rings. The lowest BCUT2D eigenvalue weighted by Crippen LogP contribution is -2.40. The minimum absolute atomic E-state index is 0.0536. The van der Waals surface area contributed by atoms with E-state index >= 15 is 0 Å². The Labute approximate surface area is 156 Å². The van der Waals surface area contributed by atoms with Gasteiger partial charge in [0.15, 0.2) is 0 Å². The van der Waals surface area contributed by atoms with E-state index in [2.05, 4.69) is 15.6 Å². The number of rotatable bonds is 4. The number of halogens is 4. The maximum Gasteiger partial charge on any atom is 0.417 e. The van der Waals surface area contributed by atoms with Gasteiger partial charge < -0.3 is 20.3 Å². The van der Waals surface area contributed by atoms with E-state index in [-0.39, 0.29) is 23.9 Å². The van der Waals surface area contributed by atoms with E-state index in [0.717, 1.165) is 24.3 Å². The minimum Gasteiger partial charge on any atom is -0.439 e. The molecule has 2 aromatic rings. The van der Waals surface area contributed by atoms with Gasteiger partial charge >= 0.3 is 12.2 Å². The molecule has 0 unspecified atom stereocenters. The molecular formula is C17H14F4N4O3. The van der Waals surface area contributed by atoms with E-state index in [1.165, 1.54) is 18.0 Å². The van der Waals surface area contributed by atoms with Crippen molar-refractivity contribution in [2.24, 2.45) is 0 Å². The summed E-state index contributed by atoms with van der Waals surface area (Å²) in [5.41, 5.74) is -1.14. The Kier molecular flexibility index (Phi) is 5.08. The fourth-order valence-corrected chi connectivity index (χ4v) is 2.46. The molecule has 0 aliphatic carbocycles. The summed E-state index contributed by atoms with van der Waals surface area (Å²) in [5.74, 6) is -1.44. The van der Waals surface area contributed by atoms with Crippen molar-refractivity contribution in [3.05, 3.63) is 47.9 Å². The number of nitrogens with one attached hydrogen (secondary N) is 2. The lowest BCUT2D eigenvalue weighted by atomic mass is 10.2. The molecule has 1 aliphatic heterocycles. The lowest BCUT2D eigenvalue weighted by Gasteiger charge is -2.17. The summed E-state index contributed by atoms with van der Waals surface area (Å²) in [6, 6.07) is 4.01. The van der Waals surface area contributed by atoms with E-state index in [9.17, 15) is 27.2 Å². The predicted molar refractivity (Wildman–Crippen MR) is 89.3 cm³/mol. The van der Waals surface area contributed by atoms with Crippen molar-refractivity contribution in [2.75, 3.05) is 18.9 Å². The molecule has 11 heteroatoms. The van der Waals surface area contributed by atoms with Gasteiger partial charge in [-0.05, 0) is 18.2 Å². The number of alkyl halides is 3. The van der Waals surface area contributed by atoms with E-state index in [1.54, 1.807) is 0 Å². The van der Waals surface area contributed by atoms with Gasteiger partial charge in [-0.1, -0.05) is 0 Å². The molecule has 148 valence electrons. The van der Waals surface area contributed by atoms with Gasteiger partial charge in [0.05, 0.1) is 11.3 Å². The quantitative estimate of drug-likeness (QED) is 0.776. The van der Waals surface area contributed by atoms with Crippen LogP contribution in [0.4, 0.5) is 28.0 Å². The summed E-state index contributed by atoms with van der Waals surface area (Å²) in [6.07, 6.45) is -3.91. The minimum atomic E-state index is -4.53. The topological polar surface area (TPSA) is 83.6 Å². The second-order valence-corrected chi connectivity index (χ2v) is 5.93. The zero-order chi connectivity index (χ0) is 20.5. The van der Waals surface area contributed by atoms with Crippen molar-refractivity contribution in [3.63, 3.8) is 0 Å². The second kappa shape index (κ2) is 7.33. The van der Waals surface area contributed by atoms with Crippen LogP contribution in [-0.2, 0) is 11.0 Å². The average molecular weight is 398 g/mol. The van der Waals surface area contributed by atoms with Crippen molar-refractivity contribution in [1.82, 2.24) is 15.2 Å². The highest BCUT2D eigenvalue weighted by atomic mass is 19.4. The summed E-state index contributed by atoms with van der Waals surface area (Å²) in [6.45, 7) is 0.0778. The van der Waals surface area contributed by atoms with Gasteiger partial charge in [-0.3, -0.25) is 4.79 Å². The van der Waals surface area contributed by atoms with E-state index in [1.807, 2.05) is 0 Å². The molecular weight excluding hydrogens is 384 g/mol. The number of likely N-dealkylation sites (N-methyl/N-ethyl adjacent to an activating group) is 1. The molecule has 0 bridgehead atoms. The van der Waals surface area contributed by atoms with Crippen LogP contribution in [0.2, 0.25) is 0 Å². The second-order valence-electron chi connectivity index (χ2n) is 5.93. The highest BCUT2D eigenvalue weighted by Gasteiger charge is 2.33. The van der Waals surface area contributed by atoms with Crippen molar-refractivity contribution >= 4 is 17.6 Å². The fourth-order valence-electron chi connectivity index (χ4n) is 2.46. The number of aromatic nitrogens is 1. The third-order valence-electron chi connectivity index (χ3n) is 4.02. The van der Waals surface area contributed by atoms with Crippen LogP contribution in [0.1, 0.15) is 5.56 Å². The molecule has 2 N–H and O–H groups in total. The zero-order valence-electron chi connectivity index (χ0n) is 14.4. The van der Waals surface area contributed by atoms with Gasteiger partial charge in [0.2, 0.25) is 11.8 Å². The van der Waals surface area contributed by atoms with Gasteiger partial charge in [-0.2, -0.15) is 13.2 Å². The van der Waals surface area contributed by atoms with Crippen molar-refractivity contribution in [2.45, 2.75) is 12.2 Å². The maximum absolute atomic E-state index is 14.0. The molecule has 1 saturated heterocycles. The third kappa shape index (κ3) is 4.13. The number of amides is 3. The Balaban J connectivity index is 1.73. The van der Waals surface area contributed by atoms with Crippen LogP contribution in [0.3, 0.4) is 0 Å². The molecule has 1 atom stereocenters. The number of hydrogen-bond acceptors (Lipinski definition) is 4. The Morgan fingerprint density at radius 2 is 2.07 bits per heavy atom. The van der Waals surface area contributed by atoms with Crippen LogP contribution in [0.5, 0.6) is 11.6 Å². The molecule has 2 heterocycles. The van der Waals surface area contributed by atoms with Crippen molar-refractivity contribution in [1.29, 1.82) is 0 Å². The molecule has 28 heavy (non-hydrogen) atoms. The predicted octanol–water partition coefficient (Wildman–Crippen LogP) is 2.99. The normalized spacial score (nSPS) is 16.7. The Hall–Kier alpha value is -3.37. The van der Waals surface area contributed by atoms with Gasteiger partial charge in [-0.15, -0.1) is 0 Å². The molecule has 1 fully saturated rings. The summed E-state index contributed by atoms with van der Waals surface area (Å²) in [4.78, 5) is 28.4. The van der Waals surface area contributed by atoms with E-state index < -0.39 is 35.5 Å². The molecule has 1 aromatic carbocycles. The molecule has 0 spiro atoms. The van der Waals surface area contributed by atoms with Crippen LogP contribution in [0.25, 0.3) is 0 Å². The number of hydrogen-bond donors (Lipinski definition) is 2. The van der Waals surface area contributed by atoms with Crippen LogP contribution >= 0.6 is 0 Å². The average Bonchev–Trinajstić information content (AvgIpc) is 2.97. The highest BCUT2D eigenvalue weighted by Crippen LogP contribution is 2.30. The van der Waals surface area contributed by atoms with Crippen LogP contribution in [-0.4, -0.2) is 41.5 Å². The number of anilines is 1. The van der Waals surface area contributed by atoms with Gasteiger partial charge in [-0.25, -0.2) is 14.2 Å². The Bertz CT molecular complexity index is 902. The number of ether oxygens (including phenoxy) is 1. The first-order chi connectivity index (χ1) is 13.1. The van der Waals surface area contributed by atoms with E-state index in [0.29, 0.717) is 6.20 Å². The van der Waals surface area contributed by atoms with Crippen LogP contribution < -0.4 is 15.4 Å². The highest BCUT2D eigenvalue weighted by molar-refractivity contribution is 5.99. The van der Waals surface area contributed by atoms with E-state index in [4.69, 9.17) is 4.74 Å². The molecule has 3 amide bonds. The first-order valence-electron chi connectivity index (χ1n) is 7.97. The summed E-state index contributed by atoms with van der Waals surface area (Å²) in [5, 5.41) is 4.84. The van der Waals surface area contributed by atoms with Crippen molar-refractivity contribution in [3.8, 4) is 11.6 Å². The van der Waals surface area contributed by atoms with Crippen LogP contribution in [0, 0.1) is 5.82 Å². The summed E-state index contributed by atoms with van der Waals surface area (Å²) in [7, 11) is 1.43. The number of benzene rings is 1. The number of urea groups is 1. The molecule has 3 rings (SSSR count). The summed E-state index contributed by atoms with van der Waals surface area (Å²) >= 11 is 0. The fraction of sp³-hybridized carbons (Fsp3) is 0.235. The number of pyridine rings is 1. The third-order valence-corrected chi connectivity index (χ3v) is 4.02. The van der Waals surface area contributed by atoms with Gasteiger partial charge in [0.25, 0.3) is 0 Å². The monoisotopic (exact) mass is 398 g/mol. The molecule has 0 radical (unpaired) electrons. The standard InChI is InChI=1S/C17H14F4N4O3/c1-25-13(8-23-16(25)27)15(26)24-12-6-10(3-4-11(12)18)28-14-5-2-9(7-22-14)17(19,20)21/h2-7,13H,8H2,1H3,(H,23,27)(H,24,26)/t13-/m1/s1. The van der Waals surface area contributed by atoms with Crippen LogP contribution in [0.15, 0.2) is 36.5 Å². The molecule has 1 aromatic heterocycles.